The van der Waals surface area contributed by atoms with Crippen LogP contribution in [-0.2, 0) is 4.74 Å². The van der Waals surface area contributed by atoms with Crippen LogP contribution in [-0.4, -0.2) is 52.6 Å². The Balaban J connectivity index is 2.20. The van der Waals surface area contributed by atoms with Crippen LogP contribution in [0.2, 0.25) is 0 Å². The first-order valence-corrected chi connectivity index (χ1v) is 5.09. The molecule has 17 heavy (non-hydrogen) atoms. The lowest BCUT2D eigenvalue weighted by Gasteiger charge is -2.23. The molecular formula is C9H12N4O4. The van der Waals surface area contributed by atoms with Gasteiger partial charge in [0.2, 0.25) is 5.88 Å². The third-order valence-electron chi connectivity index (χ3n) is 2.30. The number of hydrogen-bond acceptors (Lipinski definition) is 6. The van der Waals surface area contributed by atoms with Gasteiger partial charge in [0, 0.05) is 0 Å². The zero-order valence-corrected chi connectivity index (χ0v) is 8.97. The van der Waals surface area contributed by atoms with Crippen molar-refractivity contribution in [3.05, 3.63) is 26.4 Å². The summed E-state index contributed by atoms with van der Waals surface area (Å²) in [5.41, 5.74) is -1.50. The Morgan fingerprint density at radius 3 is 2.65 bits per heavy atom. The molecule has 1 aliphatic heterocycles. The number of morpholine rings is 1. The van der Waals surface area contributed by atoms with Crippen molar-refractivity contribution in [2.75, 3.05) is 26.3 Å². The van der Waals surface area contributed by atoms with E-state index in [0.717, 1.165) is 0 Å². The molecule has 2 heterocycles. The number of H-pyrrole nitrogens is 2. The number of nitrogens with zero attached hydrogens (tertiary/aromatic N) is 2. The molecule has 0 atom stereocenters. The highest BCUT2D eigenvalue weighted by atomic mass is 16.5. The number of aromatic nitrogens is 2. The summed E-state index contributed by atoms with van der Waals surface area (Å²) in [5.74, 6) is -0.490. The summed E-state index contributed by atoms with van der Waals surface area (Å²) in [7, 11) is 0. The molecule has 0 spiro atoms. The molecule has 8 nitrogen and oxygen atoms in total. The van der Waals surface area contributed by atoms with Gasteiger partial charge in [-0.2, -0.15) is 5.10 Å². The van der Waals surface area contributed by atoms with Gasteiger partial charge in [-0.05, 0) is 0 Å². The Hall–Kier alpha value is -2.09. The molecule has 0 aliphatic carbocycles. The minimum Gasteiger partial charge on any atom is -0.494 e. The molecule has 0 unspecified atom stereocenters. The van der Waals surface area contributed by atoms with Crippen molar-refractivity contribution >= 4 is 6.21 Å². The predicted molar refractivity (Wildman–Crippen MR) is 59.3 cm³/mol. The van der Waals surface area contributed by atoms with Crippen molar-refractivity contribution < 1.29 is 9.84 Å². The molecule has 1 aliphatic rings. The van der Waals surface area contributed by atoms with Gasteiger partial charge in [0.15, 0.2) is 0 Å². The van der Waals surface area contributed by atoms with Gasteiger partial charge in [0.25, 0.3) is 5.56 Å². The van der Waals surface area contributed by atoms with Crippen molar-refractivity contribution in [2.45, 2.75) is 0 Å². The van der Waals surface area contributed by atoms with Crippen molar-refractivity contribution in [1.82, 2.24) is 15.0 Å². The van der Waals surface area contributed by atoms with E-state index < -0.39 is 17.1 Å². The molecule has 92 valence electrons. The molecule has 0 aromatic carbocycles. The average Bonchev–Trinajstić information content (AvgIpc) is 2.29. The van der Waals surface area contributed by atoms with E-state index >= 15 is 0 Å². The van der Waals surface area contributed by atoms with Crippen LogP contribution in [0.15, 0.2) is 14.7 Å². The minimum atomic E-state index is -0.754. The van der Waals surface area contributed by atoms with Gasteiger partial charge in [0.05, 0.1) is 32.5 Å². The van der Waals surface area contributed by atoms with Gasteiger partial charge >= 0.3 is 5.69 Å². The van der Waals surface area contributed by atoms with Crippen LogP contribution in [0.3, 0.4) is 0 Å². The second kappa shape index (κ2) is 4.83. The summed E-state index contributed by atoms with van der Waals surface area (Å²) in [4.78, 5) is 26.3. The van der Waals surface area contributed by atoms with Gasteiger partial charge in [-0.25, -0.2) is 4.79 Å². The third-order valence-corrected chi connectivity index (χ3v) is 2.30. The van der Waals surface area contributed by atoms with Gasteiger partial charge in [-0.3, -0.25) is 19.8 Å². The first-order valence-electron chi connectivity index (χ1n) is 5.09. The van der Waals surface area contributed by atoms with Crippen molar-refractivity contribution in [1.29, 1.82) is 0 Å². The molecule has 1 aromatic heterocycles. The Morgan fingerprint density at radius 2 is 2.00 bits per heavy atom. The standard InChI is InChI=1S/C9H12N4O4/c14-7-6(8(15)12-9(16)11-7)5-10-13-1-3-17-4-2-13/h5H,1-4H2,(H3,11,12,14,15,16). The monoisotopic (exact) mass is 240 g/mol. The summed E-state index contributed by atoms with van der Waals surface area (Å²) in [6.07, 6.45) is 1.22. The van der Waals surface area contributed by atoms with Crippen LogP contribution in [0.25, 0.3) is 0 Å². The van der Waals surface area contributed by atoms with E-state index in [1.807, 2.05) is 4.98 Å². The van der Waals surface area contributed by atoms with Gasteiger partial charge in [-0.15, -0.1) is 0 Å². The summed E-state index contributed by atoms with van der Waals surface area (Å²) in [5, 5.41) is 15.1. The first kappa shape index (κ1) is 11.4. The summed E-state index contributed by atoms with van der Waals surface area (Å²) < 4.78 is 5.13. The molecule has 0 radical (unpaired) electrons. The number of ether oxygens (including phenoxy) is 1. The highest BCUT2D eigenvalue weighted by Gasteiger charge is 2.09. The number of hydrogen-bond donors (Lipinski definition) is 3. The van der Waals surface area contributed by atoms with Crippen molar-refractivity contribution in [3.63, 3.8) is 0 Å². The van der Waals surface area contributed by atoms with Crippen LogP contribution in [0, 0.1) is 0 Å². The van der Waals surface area contributed by atoms with Crippen LogP contribution < -0.4 is 11.2 Å². The molecule has 0 saturated carbocycles. The molecule has 1 aromatic rings. The summed E-state index contributed by atoms with van der Waals surface area (Å²) in [6, 6.07) is 0. The Bertz CT molecular complexity index is 527. The quantitative estimate of drug-likeness (QED) is 0.541. The lowest BCUT2D eigenvalue weighted by Crippen LogP contribution is -2.32. The molecule has 0 amide bonds. The van der Waals surface area contributed by atoms with Crippen molar-refractivity contribution in [3.8, 4) is 5.88 Å². The summed E-state index contributed by atoms with van der Waals surface area (Å²) >= 11 is 0. The molecule has 3 N–H and O–H groups in total. The van der Waals surface area contributed by atoms with Crippen LogP contribution in [0.1, 0.15) is 5.56 Å². The number of aromatic amines is 2. The van der Waals surface area contributed by atoms with E-state index in [-0.39, 0.29) is 5.56 Å². The topological polar surface area (TPSA) is 111 Å². The highest BCUT2D eigenvalue weighted by Crippen LogP contribution is 2.03. The molecule has 1 saturated heterocycles. The fourth-order valence-corrected chi connectivity index (χ4v) is 1.41. The van der Waals surface area contributed by atoms with E-state index in [1.54, 1.807) is 5.01 Å². The van der Waals surface area contributed by atoms with Crippen molar-refractivity contribution in [2.24, 2.45) is 5.10 Å². The lowest BCUT2D eigenvalue weighted by atomic mass is 10.3. The van der Waals surface area contributed by atoms with E-state index in [1.165, 1.54) is 6.21 Å². The zero-order valence-electron chi connectivity index (χ0n) is 8.97. The zero-order chi connectivity index (χ0) is 12.3. The SMILES string of the molecule is O=c1[nH]c(O)c(C=NN2CCOCC2)c(=O)[nH]1. The van der Waals surface area contributed by atoms with Crippen LogP contribution in [0.5, 0.6) is 5.88 Å². The lowest BCUT2D eigenvalue weighted by molar-refractivity contribution is 0.0397. The average molecular weight is 240 g/mol. The highest BCUT2D eigenvalue weighted by molar-refractivity contribution is 5.81. The second-order valence-electron chi connectivity index (χ2n) is 3.48. The van der Waals surface area contributed by atoms with Gasteiger partial charge < -0.3 is 9.84 Å². The molecule has 1 fully saturated rings. The fourth-order valence-electron chi connectivity index (χ4n) is 1.41. The molecular weight excluding hydrogens is 228 g/mol. The maximum Gasteiger partial charge on any atom is 0.328 e. The van der Waals surface area contributed by atoms with Crippen LogP contribution >= 0.6 is 0 Å². The van der Waals surface area contributed by atoms with Crippen LogP contribution in [0.4, 0.5) is 0 Å². The second-order valence-corrected chi connectivity index (χ2v) is 3.48. The van der Waals surface area contributed by atoms with E-state index in [2.05, 4.69) is 10.1 Å². The minimum absolute atomic E-state index is 0.0731. The molecule has 0 bridgehead atoms. The Labute approximate surface area is 95.5 Å². The normalized spacial score (nSPS) is 16.6. The summed E-state index contributed by atoms with van der Waals surface area (Å²) in [6.45, 7) is 2.40. The number of aromatic hydroxyl groups is 1. The molecule has 8 heteroatoms. The van der Waals surface area contributed by atoms with E-state index in [4.69, 9.17) is 4.74 Å². The van der Waals surface area contributed by atoms with Gasteiger partial charge in [0.1, 0.15) is 5.56 Å². The number of hydrazone groups is 1. The third kappa shape index (κ3) is 2.72. The van der Waals surface area contributed by atoms with E-state index in [0.29, 0.717) is 26.3 Å². The Kier molecular flexibility index (Phi) is 3.24. The van der Waals surface area contributed by atoms with Gasteiger partial charge in [-0.1, -0.05) is 0 Å². The first-order chi connectivity index (χ1) is 8.16. The van der Waals surface area contributed by atoms with E-state index in [9.17, 15) is 14.7 Å². The Morgan fingerprint density at radius 1 is 1.29 bits per heavy atom. The maximum atomic E-state index is 11.4. The number of rotatable bonds is 2. The predicted octanol–water partition coefficient (Wildman–Crippen LogP) is -1.57. The largest absolute Gasteiger partial charge is 0.494 e. The maximum absolute atomic E-state index is 11.4. The molecule has 2 rings (SSSR count). The number of nitrogens with one attached hydrogen (secondary N) is 2. The fraction of sp³-hybridized carbons (Fsp3) is 0.444. The smallest absolute Gasteiger partial charge is 0.328 e.